The summed E-state index contributed by atoms with van der Waals surface area (Å²) >= 11 is 1.73. The molecule has 0 aliphatic rings. The molecule has 0 aliphatic carbocycles. The Morgan fingerprint density at radius 3 is 2.71 bits per heavy atom. The molecule has 0 unspecified atom stereocenters. The molecule has 0 saturated heterocycles. The molecular weight excluding hydrogens is 194 g/mol. The zero-order valence-electron chi connectivity index (χ0n) is 8.92. The van der Waals surface area contributed by atoms with Crippen molar-refractivity contribution in [3.63, 3.8) is 0 Å². The lowest BCUT2D eigenvalue weighted by molar-refractivity contribution is 0.469. The first-order valence-electron chi connectivity index (χ1n) is 4.70. The lowest BCUT2D eigenvalue weighted by atomic mass is 10.1. The van der Waals surface area contributed by atoms with Gasteiger partial charge in [0.25, 0.3) is 0 Å². The largest absolute Gasteiger partial charge is 0.508 e. The molecule has 1 rings (SSSR count). The lowest BCUT2D eigenvalue weighted by Crippen LogP contribution is -2.10. The quantitative estimate of drug-likeness (QED) is 0.749. The Labute approximate surface area is 89.7 Å². The number of hydrogen-bond donors (Lipinski definition) is 2. The van der Waals surface area contributed by atoms with Crippen LogP contribution in [0.15, 0.2) is 17.0 Å². The Morgan fingerprint density at radius 1 is 1.43 bits per heavy atom. The van der Waals surface area contributed by atoms with Crippen molar-refractivity contribution in [2.75, 3.05) is 19.8 Å². The van der Waals surface area contributed by atoms with Crippen LogP contribution < -0.4 is 5.32 Å². The average molecular weight is 211 g/mol. The first-order valence-corrected chi connectivity index (χ1v) is 5.92. The maximum Gasteiger partial charge on any atom is 0.118 e. The molecule has 2 nitrogen and oxygen atoms in total. The molecule has 0 aromatic heterocycles. The Balaban J connectivity index is 2.95. The summed E-state index contributed by atoms with van der Waals surface area (Å²) < 4.78 is 0. The van der Waals surface area contributed by atoms with E-state index in [4.69, 9.17) is 0 Å². The number of rotatable bonds is 4. The third-order valence-electron chi connectivity index (χ3n) is 2.24. The third-order valence-corrected chi connectivity index (χ3v) is 3.06. The first kappa shape index (κ1) is 11.4. The van der Waals surface area contributed by atoms with Crippen LogP contribution in [-0.4, -0.2) is 25.0 Å². The Bertz CT molecular complexity index is 312. The zero-order chi connectivity index (χ0) is 10.6. The molecule has 1 aromatic rings. The van der Waals surface area contributed by atoms with E-state index in [1.165, 1.54) is 10.5 Å². The summed E-state index contributed by atoms with van der Waals surface area (Å²) in [6, 6.07) is 3.92. The smallest absolute Gasteiger partial charge is 0.118 e. The number of likely N-dealkylation sites (N-methyl/N-ethyl adjacent to an activating group) is 1. The van der Waals surface area contributed by atoms with Gasteiger partial charge < -0.3 is 10.4 Å². The van der Waals surface area contributed by atoms with Crippen molar-refractivity contribution in [1.82, 2.24) is 5.32 Å². The minimum absolute atomic E-state index is 0.397. The summed E-state index contributed by atoms with van der Waals surface area (Å²) in [5.41, 5.74) is 2.16. The van der Waals surface area contributed by atoms with Crippen molar-refractivity contribution in [3.05, 3.63) is 23.3 Å². The molecular formula is C11H17NOS. The average Bonchev–Trinajstić information content (AvgIpc) is 2.19. The van der Waals surface area contributed by atoms with Crippen molar-refractivity contribution < 1.29 is 5.11 Å². The molecule has 78 valence electrons. The highest BCUT2D eigenvalue weighted by Gasteiger charge is 2.05. The Morgan fingerprint density at radius 2 is 2.14 bits per heavy atom. The molecule has 0 fully saturated rings. The lowest BCUT2D eigenvalue weighted by Gasteiger charge is -2.09. The van der Waals surface area contributed by atoms with E-state index in [2.05, 4.69) is 11.6 Å². The van der Waals surface area contributed by atoms with Crippen molar-refractivity contribution in [1.29, 1.82) is 0 Å². The van der Waals surface area contributed by atoms with Crippen LogP contribution in [0.5, 0.6) is 5.75 Å². The molecule has 0 amide bonds. The van der Waals surface area contributed by atoms with Gasteiger partial charge in [0.2, 0.25) is 0 Å². The van der Waals surface area contributed by atoms with Gasteiger partial charge in [-0.3, -0.25) is 0 Å². The second-order valence-corrected chi connectivity index (χ2v) is 4.15. The summed E-state index contributed by atoms with van der Waals surface area (Å²) in [6.07, 6.45) is 3.02. The van der Waals surface area contributed by atoms with Crippen LogP contribution in [0.3, 0.4) is 0 Å². The van der Waals surface area contributed by atoms with Crippen LogP contribution in [0.4, 0.5) is 0 Å². The number of phenolic OH excluding ortho intramolecular Hbond substituents is 1. The minimum atomic E-state index is 0.397. The van der Waals surface area contributed by atoms with E-state index in [-0.39, 0.29) is 0 Å². The van der Waals surface area contributed by atoms with E-state index in [0.717, 1.165) is 18.5 Å². The fraction of sp³-hybridized carbons (Fsp3) is 0.455. The molecule has 3 heteroatoms. The maximum atomic E-state index is 9.59. The molecule has 2 N–H and O–H groups in total. The maximum absolute atomic E-state index is 9.59. The fourth-order valence-corrected chi connectivity index (χ4v) is 2.08. The second-order valence-electron chi connectivity index (χ2n) is 3.30. The van der Waals surface area contributed by atoms with Crippen molar-refractivity contribution in [2.24, 2.45) is 0 Å². The van der Waals surface area contributed by atoms with Crippen LogP contribution in [0.2, 0.25) is 0 Å². The SMILES string of the molecule is CNCCc1cc(O)c(C)cc1SC. The topological polar surface area (TPSA) is 32.3 Å². The van der Waals surface area contributed by atoms with Gasteiger partial charge in [0.15, 0.2) is 0 Å². The molecule has 0 radical (unpaired) electrons. The van der Waals surface area contributed by atoms with Crippen LogP contribution >= 0.6 is 11.8 Å². The summed E-state index contributed by atoms with van der Waals surface area (Å²) in [6.45, 7) is 2.87. The van der Waals surface area contributed by atoms with Gasteiger partial charge in [-0.15, -0.1) is 11.8 Å². The van der Waals surface area contributed by atoms with Gasteiger partial charge >= 0.3 is 0 Å². The predicted molar refractivity (Wildman–Crippen MR) is 62.3 cm³/mol. The highest BCUT2D eigenvalue weighted by atomic mass is 32.2. The monoisotopic (exact) mass is 211 g/mol. The van der Waals surface area contributed by atoms with Gasteiger partial charge in [0.1, 0.15) is 5.75 Å². The summed E-state index contributed by atoms with van der Waals surface area (Å²) in [4.78, 5) is 1.26. The Hall–Kier alpha value is -0.670. The molecule has 14 heavy (non-hydrogen) atoms. The standard InChI is InChI=1S/C11H17NOS/c1-8-6-11(14-3)9(4-5-12-2)7-10(8)13/h6-7,12-13H,4-5H2,1-3H3. The number of hydrogen-bond acceptors (Lipinski definition) is 3. The van der Waals surface area contributed by atoms with Gasteiger partial charge in [0.05, 0.1) is 0 Å². The molecule has 0 atom stereocenters. The normalized spacial score (nSPS) is 10.5. The molecule has 0 aliphatic heterocycles. The van der Waals surface area contributed by atoms with Gasteiger partial charge in [-0.2, -0.15) is 0 Å². The van der Waals surface area contributed by atoms with Gasteiger partial charge in [-0.1, -0.05) is 0 Å². The van der Waals surface area contributed by atoms with Gasteiger partial charge in [-0.25, -0.2) is 0 Å². The zero-order valence-corrected chi connectivity index (χ0v) is 9.74. The highest BCUT2D eigenvalue weighted by Crippen LogP contribution is 2.28. The number of benzene rings is 1. The summed E-state index contributed by atoms with van der Waals surface area (Å²) in [5.74, 6) is 0.397. The van der Waals surface area contributed by atoms with Gasteiger partial charge in [0, 0.05) is 4.90 Å². The molecule has 0 bridgehead atoms. The second kappa shape index (κ2) is 5.27. The molecule has 0 saturated carbocycles. The Kier molecular flexibility index (Phi) is 4.29. The van der Waals surface area contributed by atoms with E-state index >= 15 is 0 Å². The number of thioether (sulfide) groups is 1. The minimum Gasteiger partial charge on any atom is -0.508 e. The predicted octanol–water partition coefficient (Wildman–Crippen LogP) is 2.18. The number of aryl methyl sites for hydroxylation is 1. The molecule has 0 spiro atoms. The molecule has 1 aromatic carbocycles. The van der Waals surface area contributed by atoms with E-state index in [0.29, 0.717) is 5.75 Å². The first-order chi connectivity index (χ1) is 6.69. The number of nitrogens with one attached hydrogen (secondary N) is 1. The third kappa shape index (κ3) is 2.66. The molecule has 0 heterocycles. The van der Waals surface area contributed by atoms with Crippen molar-refractivity contribution in [3.8, 4) is 5.75 Å². The van der Waals surface area contributed by atoms with E-state index in [9.17, 15) is 5.11 Å². The fourth-order valence-electron chi connectivity index (χ4n) is 1.36. The van der Waals surface area contributed by atoms with E-state index in [1.54, 1.807) is 11.8 Å². The van der Waals surface area contributed by atoms with Crippen molar-refractivity contribution in [2.45, 2.75) is 18.2 Å². The summed E-state index contributed by atoms with van der Waals surface area (Å²) in [5, 5.41) is 12.7. The highest BCUT2D eigenvalue weighted by molar-refractivity contribution is 7.98. The van der Waals surface area contributed by atoms with Crippen LogP contribution in [-0.2, 0) is 6.42 Å². The van der Waals surface area contributed by atoms with Crippen LogP contribution in [0, 0.1) is 6.92 Å². The van der Waals surface area contributed by atoms with Crippen LogP contribution in [0.1, 0.15) is 11.1 Å². The number of aromatic hydroxyl groups is 1. The number of phenols is 1. The van der Waals surface area contributed by atoms with Gasteiger partial charge in [-0.05, 0) is 56.5 Å². The van der Waals surface area contributed by atoms with E-state index in [1.807, 2.05) is 26.1 Å². The van der Waals surface area contributed by atoms with E-state index < -0.39 is 0 Å². The summed E-state index contributed by atoms with van der Waals surface area (Å²) in [7, 11) is 1.94. The van der Waals surface area contributed by atoms with Crippen LogP contribution in [0.25, 0.3) is 0 Å². The van der Waals surface area contributed by atoms with Crippen molar-refractivity contribution >= 4 is 11.8 Å².